The number of carbonyl (C=O) groups excluding carboxylic acids is 1. The molecule has 2 atom stereocenters. The molecule has 16 heavy (non-hydrogen) atoms. The molecule has 1 heterocycles. The smallest absolute Gasteiger partial charge is 0.350 e. The van der Waals surface area contributed by atoms with Gasteiger partial charge in [0.15, 0.2) is 5.13 Å². The summed E-state index contributed by atoms with van der Waals surface area (Å²) in [5, 5.41) is 3.64. The van der Waals surface area contributed by atoms with Gasteiger partial charge in [0.25, 0.3) is 0 Å². The molecule has 1 aliphatic carbocycles. The number of nitrogens with zero attached hydrogens (tertiary/aromatic N) is 1. The largest absolute Gasteiger partial charge is 0.458 e. The van der Waals surface area contributed by atoms with Crippen LogP contribution in [0.2, 0.25) is 0 Å². The molecular formula is C11H16N2O2S. The lowest BCUT2D eigenvalue weighted by molar-refractivity contribution is 0.0316. The number of esters is 1. The molecule has 2 rings (SSSR count). The van der Waals surface area contributed by atoms with Crippen LogP contribution in [-0.2, 0) is 4.74 Å². The van der Waals surface area contributed by atoms with Gasteiger partial charge in [0.2, 0.25) is 0 Å². The Morgan fingerprint density at radius 2 is 2.44 bits per heavy atom. The summed E-state index contributed by atoms with van der Waals surface area (Å²) in [6.45, 7) is 2.19. The van der Waals surface area contributed by atoms with Crippen LogP contribution in [0.1, 0.15) is 35.9 Å². The predicted molar refractivity (Wildman–Crippen MR) is 63.9 cm³/mol. The van der Waals surface area contributed by atoms with E-state index in [1.807, 2.05) is 0 Å². The molecule has 88 valence electrons. The van der Waals surface area contributed by atoms with Crippen LogP contribution in [0.3, 0.4) is 0 Å². The maximum Gasteiger partial charge on any atom is 0.350 e. The fourth-order valence-corrected chi connectivity index (χ4v) is 2.61. The highest BCUT2D eigenvalue weighted by Crippen LogP contribution is 2.28. The van der Waals surface area contributed by atoms with Crippen LogP contribution in [0.15, 0.2) is 6.20 Å². The molecule has 1 N–H and O–H groups in total. The maximum absolute atomic E-state index is 11.8. The van der Waals surface area contributed by atoms with Gasteiger partial charge in [0, 0.05) is 7.05 Å². The van der Waals surface area contributed by atoms with Crippen LogP contribution in [0.5, 0.6) is 0 Å². The Hall–Kier alpha value is -1.10. The Morgan fingerprint density at radius 1 is 1.62 bits per heavy atom. The summed E-state index contributed by atoms with van der Waals surface area (Å²) < 4.78 is 5.43. The van der Waals surface area contributed by atoms with Crippen molar-refractivity contribution >= 4 is 22.4 Å². The van der Waals surface area contributed by atoms with Crippen molar-refractivity contribution < 1.29 is 9.53 Å². The molecule has 2 unspecified atom stereocenters. The molecule has 0 aromatic carbocycles. The van der Waals surface area contributed by atoms with Crippen molar-refractivity contribution in [1.82, 2.24) is 4.98 Å². The molecule has 0 aliphatic heterocycles. The van der Waals surface area contributed by atoms with Crippen molar-refractivity contribution in [3.8, 4) is 0 Å². The van der Waals surface area contributed by atoms with Crippen LogP contribution in [0.4, 0.5) is 5.13 Å². The van der Waals surface area contributed by atoms with Crippen LogP contribution in [0, 0.1) is 5.92 Å². The number of anilines is 1. The average molecular weight is 240 g/mol. The molecule has 0 amide bonds. The van der Waals surface area contributed by atoms with Gasteiger partial charge in [0.05, 0.1) is 6.20 Å². The molecule has 5 heteroatoms. The van der Waals surface area contributed by atoms with Crippen molar-refractivity contribution in [2.75, 3.05) is 12.4 Å². The van der Waals surface area contributed by atoms with Crippen molar-refractivity contribution in [3.05, 3.63) is 11.1 Å². The molecule has 1 saturated carbocycles. The number of rotatable bonds is 3. The Kier molecular flexibility index (Phi) is 3.43. The van der Waals surface area contributed by atoms with E-state index in [0.717, 1.165) is 24.4 Å². The fraction of sp³-hybridized carbons (Fsp3) is 0.636. The summed E-state index contributed by atoms with van der Waals surface area (Å²) in [5.74, 6) is 0.435. The Morgan fingerprint density at radius 3 is 3.00 bits per heavy atom. The third kappa shape index (κ3) is 2.52. The molecule has 1 fully saturated rings. The van der Waals surface area contributed by atoms with Crippen LogP contribution in [-0.4, -0.2) is 24.1 Å². The van der Waals surface area contributed by atoms with Gasteiger partial charge in [-0.2, -0.15) is 0 Å². The quantitative estimate of drug-likeness (QED) is 0.825. The van der Waals surface area contributed by atoms with Crippen LogP contribution >= 0.6 is 11.3 Å². The monoisotopic (exact) mass is 240 g/mol. The van der Waals surface area contributed by atoms with E-state index in [-0.39, 0.29) is 12.1 Å². The first kappa shape index (κ1) is 11.4. The molecule has 1 aromatic rings. The summed E-state index contributed by atoms with van der Waals surface area (Å²) in [4.78, 5) is 16.4. The Balaban J connectivity index is 1.92. The van der Waals surface area contributed by atoms with Crippen molar-refractivity contribution in [3.63, 3.8) is 0 Å². The number of hydrogen-bond acceptors (Lipinski definition) is 5. The lowest BCUT2D eigenvalue weighted by Gasteiger charge is -2.10. The third-order valence-corrected chi connectivity index (χ3v) is 3.84. The number of nitrogens with one attached hydrogen (secondary N) is 1. The zero-order chi connectivity index (χ0) is 11.5. The van der Waals surface area contributed by atoms with E-state index >= 15 is 0 Å². The second-order valence-corrected chi connectivity index (χ2v) is 5.26. The molecule has 1 aromatic heterocycles. The first-order valence-corrected chi connectivity index (χ1v) is 6.35. The minimum absolute atomic E-state index is 0.0997. The Bertz CT molecular complexity index is 378. The zero-order valence-electron chi connectivity index (χ0n) is 9.53. The van der Waals surface area contributed by atoms with Gasteiger partial charge in [-0.15, -0.1) is 0 Å². The number of carbonyl (C=O) groups is 1. The first-order valence-electron chi connectivity index (χ1n) is 5.53. The number of hydrogen-bond donors (Lipinski definition) is 1. The predicted octanol–water partition coefficient (Wildman–Crippen LogP) is 2.53. The lowest BCUT2D eigenvalue weighted by atomic mass is 10.1. The van der Waals surface area contributed by atoms with E-state index < -0.39 is 0 Å². The molecular weight excluding hydrogens is 224 g/mol. The first-order chi connectivity index (χ1) is 7.69. The lowest BCUT2D eigenvalue weighted by Crippen LogP contribution is -2.14. The number of thiazole rings is 1. The van der Waals surface area contributed by atoms with Gasteiger partial charge in [0.1, 0.15) is 11.0 Å². The molecule has 0 spiro atoms. The van der Waals surface area contributed by atoms with E-state index in [4.69, 9.17) is 4.74 Å². The fourth-order valence-electron chi connectivity index (χ4n) is 1.96. The van der Waals surface area contributed by atoms with E-state index in [0.29, 0.717) is 10.8 Å². The molecule has 0 radical (unpaired) electrons. The maximum atomic E-state index is 11.8. The summed E-state index contributed by atoms with van der Waals surface area (Å²) >= 11 is 1.33. The standard InChI is InChI=1S/C11H16N2O2S/c1-7-3-4-8(5-7)15-10(14)9-6-13-11(12-2)16-9/h6-8H,3-5H2,1-2H3,(H,12,13). The van der Waals surface area contributed by atoms with Crippen molar-refractivity contribution in [2.45, 2.75) is 32.3 Å². The van der Waals surface area contributed by atoms with Gasteiger partial charge < -0.3 is 10.1 Å². The molecule has 4 nitrogen and oxygen atoms in total. The summed E-state index contributed by atoms with van der Waals surface area (Å²) in [7, 11) is 1.78. The molecule has 0 bridgehead atoms. The summed E-state index contributed by atoms with van der Waals surface area (Å²) in [6.07, 6.45) is 4.80. The second kappa shape index (κ2) is 4.82. The van der Waals surface area contributed by atoms with E-state index in [1.165, 1.54) is 11.3 Å². The Labute approximate surface area is 99.0 Å². The minimum atomic E-state index is -0.238. The van der Waals surface area contributed by atoms with Crippen molar-refractivity contribution in [1.29, 1.82) is 0 Å². The normalized spacial score (nSPS) is 24.4. The average Bonchev–Trinajstić information content (AvgIpc) is 2.87. The highest BCUT2D eigenvalue weighted by molar-refractivity contribution is 7.17. The molecule has 0 saturated heterocycles. The number of ether oxygens (including phenoxy) is 1. The van der Waals surface area contributed by atoms with E-state index in [9.17, 15) is 4.79 Å². The van der Waals surface area contributed by atoms with Crippen molar-refractivity contribution in [2.24, 2.45) is 5.92 Å². The van der Waals surface area contributed by atoms with Gasteiger partial charge in [-0.05, 0) is 25.2 Å². The van der Waals surface area contributed by atoms with Crippen LogP contribution in [0.25, 0.3) is 0 Å². The van der Waals surface area contributed by atoms with Gasteiger partial charge in [-0.3, -0.25) is 0 Å². The van der Waals surface area contributed by atoms with Gasteiger partial charge in [-0.25, -0.2) is 9.78 Å². The highest BCUT2D eigenvalue weighted by atomic mass is 32.1. The third-order valence-electron chi connectivity index (χ3n) is 2.84. The highest BCUT2D eigenvalue weighted by Gasteiger charge is 2.25. The summed E-state index contributed by atoms with van der Waals surface area (Å²) in [5.41, 5.74) is 0. The van der Waals surface area contributed by atoms with Gasteiger partial charge >= 0.3 is 5.97 Å². The minimum Gasteiger partial charge on any atom is -0.458 e. The van der Waals surface area contributed by atoms with Gasteiger partial charge in [-0.1, -0.05) is 18.3 Å². The second-order valence-electron chi connectivity index (χ2n) is 4.23. The summed E-state index contributed by atoms with van der Waals surface area (Å²) in [6, 6.07) is 0. The number of aromatic nitrogens is 1. The zero-order valence-corrected chi connectivity index (χ0v) is 10.3. The van der Waals surface area contributed by atoms with E-state index in [2.05, 4.69) is 17.2 Å². The SMILES string of the molecule is CNc1ncc(C(=O)OC2CCC(C)C2)s1. The van der Waals surface area contributed by atoms with Crippen LogP contribution < -0.4 is 5.32 Å². The van der Waals surface area contributed by atoms with E-state index in [1.54, 1.807) is 13.2 Å². The molecule has 1 aliphatic rings. The topological polar surface area (TPSA) is 51.2 Å².